The molecule has 0 radical (unpaired) electrons. The lowest BCUT2D eigenvalue weighted by Gasteiger charge is -2.08. The monoisotopic (exact) mass is 227 g/mol. The summed E-state index contributed by atoms with van der Waals surface area (Å²) in [6.45, 7) is 5.03. The number of rotatable bonds is 6. The minimum atomic E-state index is 0.590. The summed E-state index contributed by atoms with van der Waals surface area (Å²) < 4.78 is 0. The van der Waals surface area contributed by atoms with Crippen molar-refractivity contribution in [2.45, 2.75) is 26.7 Å². The lowest BCUT2D eigenvalue weighted by atomic mass is 10.1. The molecule has 1 N–H and O–H groups in total. The highest BCUT2D eigenvalue weighted by Gasteiger charge is 2.00. The zero-order valence-corrected chi connectivity index (χ0v) is 10.1. The number of aryl methyl sites for hydroxylation is 1. The third-order valence-electron chi connectivity index (χ3n) is 2.22. The molecule has 0 fully saturated rings. The van der Waals surface area contributed by atoms with Crippen molar-refractivity contribution in [3.05, 3.63) is 18.0 Å². The lowest BCUT2D eigenvalue weighted by Crippen LogP contribution is -2.07. The normalized spacial score (nSPS) is 12.5. The van der Waals surface area contributed by atoms with Gasteiger partial charge in [0, 0.05) is 24.3 Å². The van der Waals surface area contributed by atoms with Crippen LogP contribution in [0.25, 0.3) is 0 Å². The van der Waals surface area contributed by atoms with Gasteiger partial charge >= 0.3 is 0 Å². The van der Waals surface area contributed by atoms with E-state index < -0.39 is 0 Å². The Morgan fingerprint density at radius 2 is 2.33 bits per heavy atom. The van der Waals surface area contributed by atoms with Crippen LogP contribution in [-0.4, -0.2) is 22.4 Å². The maximum Gasteiger partial charge on any atom is 0.222 e. The van der Waals surface area contributed by atoms with E-state index in [1.54, 1.807) is 6.20 Å². The second kappa shape index (κ2) is 6.62. The smallest absolute Gasteiger partial charge is 0.222 e. The first-order valence-electron chi connectivity index (χ1n) is 5.32. The standard InChI is InChI=1S/C11H18ClN3/c1-9(8-12)4-3-6-13-11-14-7-5-10(2)15-11/h5,7,9H,3-4,6,8H2,1-2H3,(H,13,14,15). The fourth-order valence-electron chi connectivity index (χ4n) is 1.26. The Hall–Kier alpha value is -0.830. The zero-order chi connectivity index (χ0) is 11.1. The molecule has 0 bridgehead atoms. The van der Waals surface area contributed by atoms with Crippen LogP contribution in [-0.2, 0) is 0 Å². The minimum absolute atomic E-state index is 0.590. The molecular formula is C11H18ClN3. The van der Waals surface area contributed by atoms with Crippen molar-refractivity contribution in [1.29, 1.82) is 0 Å². The molecule has 0 saturated carbocycles. The molecule has 15 heavy (non-hydrogen) atoms. The summed E-state index contributed by atoms with van der Waals surface area (Å²) in [7, 11) is 0. The Morgan fingerprint density at radius 3 is 3.00 bits per heavy atom. The summed E-state index contributed by atoms with van der Waals surface area (Å²) in [4.78, 5) is 8.39. The van der Waals surface area contributed by atoms with Gasteiger partial charge < -0.3 is 5.32 Å². The van der Waals surface area contributed by atoms with Crippen molar-refractivity contribution in [3.63, 3.8) is 0 Å². The number of halogens is 1. The summed E-state index contributed by atoms with van der Waals surface area (Å²) >= 11 is 5.72. The fourth-order valence-corrected chi connectivity index (χ4v) is 1.42. The van der Waals surface area contributed by atoms with Crippen LogP contribution in [0.15, 0.2) is 12.3 Å². The van der Waals surface area contributed by atoms with E-state index in [0.717, 1.165) is 31.0 Å². The number of nitrogens with zero attached hydrogens (tertiary/aromatic N) is 2. The second-order valence-corrected chi connectivity index (χ2v) is 4.16. The maximum atomic E-state index is 5.72. The van der Waals surface area contributed by atoms with E-state index in [2.05, 4.69) is 22.2 Å². The second-order valence-electron chi connectivity index (χ2n) is 3.85. The van der Waals surface area contributed by atoms with E-state index in [4.69, 9.17) is 11.6 Å². The van der Waals surface area contributed by atoms with Crippen LogP contribution in [0, 0.1) is 12.8 Å². The molecule has 0 aliphatic rings. The van der Waals surface area contributed by atoms with Crippen molar-refractivity contribution >= 4 is 17.5 Å². The molecule has 0 aliphatic heterocycles. The molecule has 84 valence electrons. The first-order chi connectivity index (χ1) is 7.22. The summed E-state index contributed by atoms with van der Waals surface area (Å²) in [6.07, 6.45) is 4.01. The summed E-state index contributed by atoms with van der Waals surface area (Å²) in [5.41, 5.74) is 0.988. The van der Waals surface area contributed by atoms with Crippen LogP contribution >= 0.6 is 11.6 Å². The third kappa shape index (κ3) is 4.98. The predicted molar refractivity (Wildman–Crippen MR) is 64.4 cm³/mol. The van der Waals surface area contributed by atoms with Crippen molar-refractivity contribution < 1.29 is 0 Å². The number of hydrogen-bond donors (Lipinski definition) is 1. The Labute approximate surface area is 96.3 Å². The molecule has 0 saturated heterocycles. The Balaban J connectivity index is 2.20. The van der Waals surface area contributed by atoms with Gasteiger partial charge in [0.1, 0.15) is 0 Å². The molecule has 0 aromatic carbocycles. The van der Waals surface area contributed by atoms with Gasteiger partial charge in [-0.25, -0.2) is 9.97 Å². The van der Waals surface area contributed by atoms with Gasteiger partial charge in [0.15, 0.2) is 0 Å². The van der Waals surface area contributed by atoms with Gasteiger partial charge in [-0.05, 0) is 31.7 Å². The minimum Gasteiger partial charge on any atom is -0.354 e. The van der Waals surface area contributed by atoms with Gasteiger partial charge in [0.05, 0.1) is 0 Å². The molecular weight excluding hydrogens is 210 g/mol. The number of alkyl halides is 1. The average Bonchev–Trinajstić information content (AvgIpc) is 2.24. The number of hydrogen-bond acceptors (Lipinski definition) is 3. The molecule has 4 heteroatoms. The molecule has 1 unspecified atom stereocenters. The van der Waals surface area contributed by atoms with Gasteiger partial charge in [0.25, 0.3) is 0 Å². The van der Waals surface area contributed by atoms with E-state index >= 15 is 0 Å². The maximum absolute atomic E-state index is 5.72. The van der Waals surface area contributed by atoms with E-state index in [1.165, 1.54) is 0 Å². The molecule has 0 aliphatic carbocycles. The van der Waals surface area contributed by atoms with Crippen molar-refractivity contribution in [3.8, 4) is 0 Å². The molecule has 1 atom stereocenters. The molecule has 0 spiro atoms. The number of aromatic nitrogens is 2. The molecule has 1 heterocycles. The van der Waals surface area contributed by atoms with Gasteiger partial charge in [-0.2, -0.15) is 0 Å². The number of anilines is 1. The highest BCUT2D eigenvalue weighted by atomic mass is 35.5. The van der Waals surface area contributed by atoms with Gasteiger partial charge in [-0.15, -0.1) is 11.6 Å². The van der Waals surface area contributed by atoms with Crippen LogP contribution in [0.1, 0.15) is 25.5 Å². The van der Waals surface area contributed by atoms with Crippen LogP contribution in [0.2, 0.25) is 0 Å². The van der Waals surface area contributed by atoms with E-state index in [1.807, 2.05) is 13.0 Å². The summed E-state index contributed by atoms with van der Waals surface area (Å²) in [6, 6.07) is 1.89. The van der Waals surface area contributed by atoms with Crippen molar-refractivity contribution in [2.24, 2.45) is 5.92 Å². The molecule has 0 amide bonds. The van der Waals surface area contributed by atoms with Gasteiger partial charge in [0.2, 0.25) is 5.95 Å². The van der Waals surface area contributed by atoms with E-state index in [-0.39, 0.29) is 0 Å². The van der Waals surface area contributed by atoms with Gasteiger partial charge in [-0.3, -0.25) is 0 Å². The molecule has 1 aromatic heterocycles. The Kier molecular flexibility index (Phi) is 5.40. The van der Waals surface area contributed by atoms with Crippen molar-refractivity contribution in [2.75, 3.05) is 17.7 Å². The molecule has 3 nitrogen and oxygen atoms in total. The molecule has 1 aromatic rings. The highest BCUT2D eigenvalue weighted by molar-refractivity contribution is 6.18. The molecule has 1 rings (SSSR count). The highest BCUT2D eigenvalue weighted by Crippen LogP contribution is 2.07. The van der Waals surface area contributed by atoms with E-state index in [9.17, 15) is 0 Å². The Bertz CT molecular complexity index is 291. The fraction of sp³-hybridized carbons (Fsp3) is 0.636. The van der Waals surface area contributed by atoms with Gasteiger partial charge in [-0.1, -0.05) is 6.92 Å². The first-order valence-corrected chi connectivity index (χ1v) is 5.85. The quantitative estimate of drug-likeness (QED) is 0.600. The topological polar surface area (TPSA) is 37.8 Å². The lowest BCUT2D eigenvalue weighted by molar-refractivity contribution is 0.572. The predicted octanol–water partition coefficient (Wildman–Crippen LogP) is 2.85. The Morgan fingerprint density at radius 1 is 1.53 bits per heavy atom. The largest absolute Gasteiger partial charge is 0.354 e. The third-order valence-corrected chi connectivity index (χ3v) is 2.74. The van der Waals surface area contributed by atoms with E-state index in [0.29, 0.717) is 11.9 Å². The van der Waals surface area contributed by atoms with Crippen LogP contribution < -0.4 is 5.32 Å². The first kappa shape index (κ1) is 12.2. The van der Waals surface area contributed by atoms with Crippen LogP contribution in [0.3, 0.4) is 0 Å². The summed E-state index contributed by atoms with van der Waals surface area (Å²) in [5, 5.41) is 3.20. The van der Waals surface area contributed by atoms with Crippen LogP contribution in [0.4, 0.5) is 5.95 Å². The number of nitrogens with one attached hydrogen (secondary N) is 1. The van der Waals surface area contributed by atoms with Crippen LogP contribution in [0.5, 0.6) is 0 Å². The summed E-state index contributed by atoms with van der Waals surface area (Å²) in [5.74, 6) is 2.04. The average molecular weight is 228 g/mol. The van der Waals surface area contributed by atoms with Crippen molar-refractivity contribution in [1.82, 2.24) is 9.97 Å². The SMILES string of the molecule is Cc1ccnc(NCCCC(C)CCl)n1. The zero-order valence-electron chi connectivity index (χ0n) is 9.33.